The van der Waals surface area contributed by atoms with Gasteiger partial charge in [0.25, 0.3) is 0 Å². The van der Waals surface area contributed by atoms with Crippen molar-refractivity contribution in [3.05, 3.63) is 46.5 Å². The number of phenols is 4. The Morgan fingerprint density at radius 2 is 1.45 bits per heavy atom. The van der Waals surface area contributed by atoms with Gasteiger partial charge in [-0.2, -0.15) is 0 Å². The predicted octanol–water partition coefficient (Wildman–Crippen LogP) is 4.89. The van der Waals surface area contributed by atoms with Crippen LogP contribution in [0.2, 0.25) is 0 Å². The van der Waals surface area contributed by atoms with E-state index in [1.807, 2.05) is 0 Å². The zero-order valence-electron chi connectivity index (χ0n) is 18.8. The van der Waals surface area contributed by atoms with E-state index in [4.69, 9.17) is 0 Å². The Morgan fingerprint density at radius 3 is 2.12 bits per heavy atom. The second kappa shape index (κ2) is 10.4. The summed E-state index contributed by atoms with van der Waals surface area (Å²) in [6.07, 6.45) is 4.89. The van der Waals surface area contributed by atoms with Crippen LogP contribution in [0.3, 0.4) is 0 Å². The fraction of sp³-hybridized carbons (Fsp3) is 0.520. The van der Waals surface area contributed by atoms with Crippen molar-refractivity contribution in [1.29, 1.82) is 0 Å². The third-order valence-electron chi connectivity index (χ3n) is 7.83. The van der Waals surface area contributed by atoms with Crippen molar-refractivity contribution in [3.63, 3.8) is 0 Å². The number of benzene rings is 2. The maximum absolute atomic E-state index is 10.1. The Balaban J connectivity index is 0.00000153. The number of fused-ring (bicyclic) bond motifs is 4. The number of aromatic hydroxyl groups is 4. The van der Waals surface area contributed by atoms with E-state index >= 15 is 0 Å². The molecule has 33 heavy (non-hydrogen) atoms. The van der Waals surface area contributed by atoms with E-state index in [-0.39, 0.29) is 69.0 Å². The second-order valence-electron chi connectivity index (χ2n) is 9.50. The van der Waals surface area contributed by atoms with E-state index in [0.29, 0.717) is 11.8 Å². The smallest absolute Gasteiger partial charge is 0.157 e. The average Bonchev–Trinajstić information content (AvgIpc) is 2.75. The molecule has 1 fully saturated rings. The van der Waals surface area contributed by atoms with E-state index in [1.54, 1.807) is 24.3 Å². The summed E-state index contributed by atoms with van der Waals surface area (Å²) in [4.78, 5) is 2.55. The summed E-state index contributed by atoms with van der Waals surface area (Å²) in [5, 5.41) is 43.7. The quantitative estimate of drug-likeness (QED) is 0.329. The molecule has 0 radical (unpaired) electrons. The summed E-state index contributed by atoms with van der Waals surface area (Å²) < 4.78 is 0. The predicted molar refractivity (Wildman–Crippen MR) is 139 cm³/mol. The summed E-state index contributed by atoms with van der Waals surface area (Å²) in [6, 6.07) is 7.37. The first-order valence-electron chi connectivity index (χ1n) is 11.5. The van der Waals surface area contributed by atoms with Crippen molar-refractivity contribution < 1.29 is 20.4 Å². The van der Waals surface area contributed by atoms with Crippen LogP contribution >= 0.6 is 34.0 Å². The summed E-state index contributed by atoms with van der Waals surface area (Å²) in [5.74, 6) is 0.950. The molecule has 1 saturated heterocycles. The van der Waals surface area contributed by atoms with E-state index in [9.17, 15) is 20.4 Å². The minimum atomic E-state index is -0.0502. The molecule has 3 aliphatic heterocycles. The molecule has 182 valence electrons. The van der Waals surface area contributed by atoms with E-state index < -0.39 is 0 Å². The molecule has 2 aromatic rings. The van der Waals surface area contributed by atoms with Crippen LogP contribution < -0.4 is 5.32 Å². The van der Waals surface area contributed by atoms with E-state index in [2.05, 4.69) is 17.1 Å². The third-order valence-corrected chi connectivity index (χ3v) is 7.83. The van der Waals surface area contributed by atoms with Gasteiger partial charge in [-0.15, -0.1) is 34.0 Å². The van der Waals surface area contributed by atoms with Gasteiger partial charge in [0.05, 0.1) is 0 Å². The SMILES string of the molecule is Br.Br.CC[C@H]1CN2CCc3cc(O)c(O)cc3[C@@H]2C[C@@H]1C[C@H]1NCCc2cc(O)c(O)cc21. The van der Waals surface area contributed by atoms with Crippen LogP contribution in [0.15, 0.2) is 24.3 Å². The van der Waals surface area contributed by atoms with Crippen LogP contribution in [-0.4, -0.2) is 45.0 Å². The highest BCUT2D eigenvalue weighted by atomic mass is 79.9. The van der Waals surface area contributed by atoms with Gasteiger partial charge >= 0.3 is 0 Å². The molecule has 0 aliphatic carbocycles. The van der Waals surface area contributed by atoms with Crippen molar-refractivity contribution in [3.8, 4) is 23.0 Å². The lowest BCUT2D eigenvalue weighted by molar-refractivity contribution is 0.0435. The monoisotopic (exact) mass is 584 g/mol. The highest BCUT2D eigenvalue weighted by molar-refractivity contribution is 8.93. The maximum Gasteiger partial charge on any atom is 0.157 e. The molecule has 0 unspecified atom stereocenters. The summed E-state index contributed by atoms with van der Waals surface area (Å²) in [5.41, 5.74) is 4.52. The molecule has 3 heterocycles. The zero-order chi connectivity index (χ0) is 21.7. The number of hydrogen-bond donors (Lipinski definition) is 5. The number of nitrogens with zero attached hydrogens (tertiary/aromatic N) is 1. The molecule has 5 rings (SSSR count). The van der Waals surface area contributed by atoms with Gasteiger partial charge in [0.2, 0.25) is 0 Å². The molecule has 8 heteroatoms. The van der Waals surface area contributed by atoms with Gasteiger partial charge in [0.15, 0.2) is 23.0 Å². The normalized spacial score (nSPS) is 26.2. The Kier molecular flexibility index (Phi) is 8.25. The minimum Gasteiger partial charge on any atom is -0.504 e. The van der Waals surface area contributed by atoms with Crippen molar-refractivity contribution in [2.75, 3.05) is 19.6 Å². The first-order valence-corrected chi connectivity index (χ1v) is 11.5. The highest BCUT2D eigenvalue weighted by Gasteiger charge is 2.40. The number of phenolic OH excluding ortho intramolecular Hbond substituents is 4. The first-order chi connectivity index (χ1) is 14.9. The van der Waals surface area contributed by atoms with E-state index in [1.165, 1.54) is 0 Å². The fourth-order valence-electron chi connectivity index (χ4n) is 6.14. The lowest BCUT2D eigenvalue weighted by Gasteiger charge is -2.48. The Labute approximate surface area is 216 Å². The fourth-order valence-corrected chi connectivity index (χ4v) is 6.14. The van der Waals surface area contributed by atoms with Gasteiger partial charge < -0.3 is 25.7 Å². The topological polar surface area (TPSA) is 96.2 Å². The van der Waals surface area contributed by atoms with E-state index in [0.717, 1.165) is 74.0 Å². The van der Waals surface area contributed by atoms with Crippen LogP contribution in [0.25, 0.3) is 0 Å². The number of piperidine rings is 1. The number of rotatable bonds is 3. The van der Waals surface area contributed by atoms with Crippen LogP contribution in [0, 0.1) is 11.8 Å². The van der Waals surface area contributed by atoms with Gasteiger partial charge in [-0.25, -0.2) is 0 Å². The summed E-state index contributed by atoms with van der Waals surface area (Å²) >= 11 is 0. The molecule has 5 N–H and O–H groups in total. The van der Waals surface area contributed by atoms with Crippen molar-refractivity contribution >= 4 is 34.0 Å². The van der Waals surface area contributed by atoms with Crippen molar-refractivity contribution in [2.24, 2.45) is 11.8 Å². The maximum atomic E-state index is 10.1. The molecule has 3 aliphatic rings. The van der Waals surface area contributed by atoms with Gasteiger partial charge in [0, 0.05) is 25.2 Å². The van der Waals surface area contributed by atoms with Crippen LogP contribution in [0.4, 0.5) is 0 Å². The molecule has 0 saturated carbocycles. The Hall–Kier alpha value is -1.48. The first kappa shape index (κ1) is 26.1. The number of hydrogen-bond acceptors (Lipinski definition) is 6. The lowest BCUT2D eigenvalue weighted by atomic mass is 9.72. The molecule has 0 bridgehead atoms. The Morgan fingerprint density at radius 1 is 0.848 bits per heavy atom. The minimum absolute atomic E-state index is 0. The molecule has 0 spiro atoms. The zero-order valence-corrected chi connectivity index (χ0v) is 22.3. The molecular weight excluding hydrogens is 552 g/mol. The van der Waals surface area contributed by atoms with Crippen molar-refractivity contribution in [2.45, 2.75) is 51.1 Å². The second-order valence-corrected chi connectivity index (χ2v) is 9.50. The largest absolute Gasteiger partial charge is 0.504 e. The Bertz CT molecular complexity index is 1000. The third kappa shape index (κ3) is 4.85. The molecule has 2 aromatic carbocycles. The van der Waals surface area contributed by atoms with Crippen LogP contribution in [-0.2, 0) is 12.8 Å². The van der Waals surface area contributed by atoms with Gasteiger partial charge in [-0.1, -0.05) is 13.3 Å². The van der Waals surface area contributed by atoms with Crippen LogP contribution in [0.5, 0.6) is 23.0 Å². The molecule has 0 aromatic heterocycles. The van der Waals surface area contributed by atoms with Gasteiger partial charge in [0.1, 0.15) is 0 Å². The molecular formula is C25H34Br2N2O4. The molecule has 0 amide bonds. The standard InChI is InChI=1S/C25H32N2O4.2BrH/c1-2-14-13-27-6-4-16-10-23(29)25(31)12-19(16)21(27)8-17(14)7-20-18-11-24(30)22(28)9-15(18)3-5-26-20;;/h9-12,14,17,20-21,26,28-31H,2-8,13H2,1H3;2*1H/t14-,17-,20+,21-;;/m0../s1. The molecule has 6 nitrogen and oxygen atoms in total. The average molecular weight is 586 g/mol. The number of nitrogens with one attached hydrogen (secondary N) is 1. The highest BCUT2D eigenvalue weighted by Crippen LogP contribution is 2.47. The van der Waals surface area contributed by atoms with Gasteiger partial charge in [-0.05, 0) is 90.6 Å². The van der Waals surface area contributed by atoms with Crippen molar-refractivity contribution in [1.82, 2.24) is 10.2 Å². The number of halogens is 2. The lowest BCUT2D eigenvalue weighted by Crippen LogP contribution is -2.46. The summed E-state index contributed by atoms with van der Waals surface area (Å²) in [7, 11) is 0. The summed E-state index contributed by atoms with van der Waals surface area (Å²) in [6.45, 7) is 5.18. The molecule has 4 atom stereocenters. The van der Waals surface area contributed by atoms with Crippen LogP contribution in [0.1, 0.15) is 60.5 Å². The van der Waals surface area contributed by atoms with Gasteiger partial charge in [-0.3, -0.25) is 4.90 Å².